The second kappa shape index (κ2) is 8.77. The SMILES string of the molecule is COc1ccc(OC)c(NC2=C(c3ccc(C)cc3)C(=O)N(c3ccc(Cl)cc3)C2=O)c1. The van der Waals surface area contributed by atoms with Gasteiger partial charge in [0, 0.05) is 11.1 Å². The Morgan fingerprint density at radius 3 is 2.16 bits per heavy atom. The Morgan fingerprint density at radius 2 is 1.53 bits per heavy atom. The standard InChI is InChI=1S/C25H21ClN2O4/c1-15-4-6-16(7-5-15)22-23(27-20-14-19(31-2)12-13-21(20)32-3)25(30)28(24(22)29)18-10-8-17(26)9-11-18/h4-14,27H,1-3H3. The van der Waals surface area contributed by atoms with Crippen molar-refractivity contribution in [2.24, 2.45) is 0 Å². The summed E-state index contributed by atoms with van der Waals surface area (Å²) in [5.41, 5.74) is 3.04. The van der Waals surface area contributed by atoms with Crippen LogP contribution in [0.4, 0.5) is 11.4 Å². The van der Waals surface area contributed by atoms with Crippen molar-refractivity contribution in [1.82, 2.24) is 0 Å². The van der Waals surface area contributed by atoms with Crippen molar-refractivity contribution in [3.63, 3.8) is 0 Å². The number of anilines is 2. The molecule has 3 aromatic rings. The van der Waals surface area contributed by atoms with Crippen molar-refractivity contribution in [3.8, 4) is 11.5 Å². The fraction of sp³-hybridized carbons (Fsp3) is 0.120. The molecular formula is C25H21ClN2O4. The monoisotopic (exact) mass is 448 g/mol. The van der Waals surface area contributed by atoms with Gasteiger partial charge in [-0.25, -0.2) is 4.90 Å². The number of amides is 2. The number of nitrogens with one attached hydrogen (secondary N) is 1. The third-order valence-corrected chi connectivity index (χ3v) is 5.43. The molecule has 0 aliphatic carbocycles. The minimum Gasteiger partial charge on any atom is -0.497 e. The van der Waals surface area contributed by atoms with Gasteiger partial charge in [0.05, 0.1) is 31.2 Å². The van der Waals surface area contributed by atoms with Crippen molar-refractivity contribution < 1.29 is 19.1 Å². The molecule has 32 heavy (non-hydrogen) atoms. The first kappa shape index (κ1) is 21.5. The highest BCUT2D eigenvalue weighted by Gasteiger charge is 2.40. The van der Waals surface area contributed by atoms with Crippen molar-refractivity contribution in [2.75, 3.05) is 24.4 Å². The van der Waals surface area contributed by atoms with Crippen molar-refractivity contribution >= 4 is 40.4 Å². The zero-order chi connectivity index (χ0) is 22.8. The Hall–Kier alpha value is -3.77. The van der Waals surface area contributed by atoms with Crippen LogP contribution in [-0.4, -0.2) is 26.0 Å². The first-order valence-corrected chi connectivity index (χ1v) is 10.3. The van der Waals surface area contributed by atoms with Gasteiger partial charge in [-0.05, 0) is 48.9 Å². The first-order chi connectivity index (χ1) is 15.4. The summed E-state index contributed by atoms with van der Waals surface area (Å²) in [6.45, 7) is 1.96. The molecule has 162 valence electrons. The molecule has 0 spiro atoms. The van der Waals surface area contributed by atoms with Crippen LogP contribution in [-0.2, 0) is 9.59 Å². The molecule has 0 fully saturated rings. The molecule has 1 heterocycles. The zero-order valence-electron chi connectivity index (χ0n) is 17.8. The molecule has 1 N–H and O–H groups in total. The van der Waals surface area contributed by atoms with Crippen LogP contribution in [0.5, 0.6) is 11.5 Å². The van der Waals surface area contributed by atoms with Crippen LogP contribution in [0, 0.1) is 6.92 Å². The fourth-order valence-corrected chi connectivity index (χ4v) is 3.63. The second-order valence-corrected chi connectivity index (χ2v) is 7.67. The van der Waals surface area contributed by atoms with Gasteiger partial charge in [-0.3, -0.25) is 9.59 Å². The molecule has 3 aromatic carbocycles. The summed E-state index contributed by atoms with van der Waals surface area (Å²) in [6, 6.07) is 19.2. The van der Waals surface area contributed by atoms with Gasteiger partial charge >= 0.3 is 0 Å². The lowest BCUT2D eigenvalue weighted by molar-refractivity contribution is -0.120. The number of ether oxygens (including phenoxy) is 2. The molecule has 0 radical (unpaired) electrons. The van der Waals surface area contributed by atoms with Crippen molar-refractivity contribution in [1.29, 1.82) is 0 Å². The van der Waals surface area contributed by atoms with Gasteiger partial charge in [0.1, 0.15) is 17.2 Å². The third-order valence-electron chi connectivity index (χ3n) is 5.18. The highest BCUT2D eigenvalue weighted by Crippen LogP contribution is 2.37. The van der Waals surface area contributed by atoms with E-state index >= 15 is 0 Å². The number of carbonyl (C=O) groups is 2. The molecule has 0 saturated heterocycles. The number of rotatable bonds is 6. The van der Waals surface area contributed by atoms with E-state index in [1.54, 1.807) is 49.6 Å². The van der Waals surface area contributed by atoms with Crippen molar-refractivity contribution in [2.45, 2.75) is 6.92 Å². The predicted molar refractivity (Wildman–Crippen MR) is 125 cm³/mol. The zero-order valence-corrected chi connectivity index (χ0v) is 18.6. The van der Waals surface area contributed by atoms with E-state index < -0.39 is 11.8 Å². The molecule has 7 heteroatoms. The maximum atomic E-state index is 13.5. The summed E-state index contributed by atoms with van der Waals surface area (Å²) in [6.07, 6.45) is 0. The van der Waals surface area contributed by atoms with Crippen molar-refractivity contribution in [3.05, 3.63) is 88.6 Å². The highest BCUT2D eigenvalue weighted by atomic mass is 35.5. The van der Waals surface area contributed by atoms with Crippen LogP contribution in [0.1, 0.15) is 11.1 Å². The van der Waals surface area contributed by atoms with E-state index in [-0.39, 0.29) is 11.3 Å². The summed E-state index contributed by atoms with van der Waals surface area (Å²) in [7, 11) is 3.08. The van der Waals surface area contributed by atoms with Crippen LogP contribution < -0.4 is 19.7 Å². The van der Waals surface area contributed by atoms with Gasteiger partial charge in [0.2, 0.25) is 0 Å². The number of hydrogen-bond acceptors (Lipinski definition) is 5. The third kappa shape index (κ3) is 3.92. The van der Waals surface area contributed by atoms with Gasteiger partial charge in [-0.15, -0.1) is 0 Å². The Labute approximate surface area is 191 Å². The average Bonchev–Trinajstić information content (AvgIpc) is 3.04. The lowest BCUT2D eigenvalue weighted by atomic mass is 10.0. The van der Waals surface area contributed by atoms with Gasteiger partial charge in [-0.1, -0.05) is 41.4 Å². The van der Waals surface area contributed by atoms with Crippen LogP contribution in [0.3, 0.4) is 0 Å². The number of hydrogen-bond donors (Lipinski definition) is 1. The minimum atomic E-state index is -0.474. The number of nitrogens with zero attached hydrogens (tertiary/aromatic N) is 1. The quantitative estimate of drug-likeness (QED) is 0.534. The minimum absolute atomic E-state index is 0.153. The van der Waals surface area contributed by atoms with E-state index in [0.717, 1.165) is 10.5 Å². The molecule has 0 unspecified atom stereocenters. The summed E-state index contributed by atoms with van der Waals surface area (Å²) >= 11 is 5.99. The summed E-state index contributed by atoms with van der Waals surface area (Å²) in [4.78, 5) is 28.1. The molecular weight excluding hydrogens is 428 g/mol. The maximum Gasteiger partial charge on any atom is 0.282 e. The summed E-state index contributed by atoms with van der Waals surface area (Å²) < 4.78 is 10.7. The van der Waals surface area contributed by atoms with E-state index in [0.29, 0.717) is 33.5 Å². The second-order valence-electron chi connectivity index (χ2n) is 7.23. The molecule has 6 nitrogen and oxygen atoms in total. The van der Waals surface area contributed by atoms with Crippen LogP contribution >= 0.6 is 11.6 Å². The van der Waals surface area contributed by atoms with Gasteiger partial charge in [-0.2, -0.15) is 0 Å². The normalized spacial score (nSPS) is 13.6. The lowest BCUT2D eigenvalue weighted by Gasteiger charge is -2.16. The first-order valence-electron chi connectivity index (χ1n) is 9.87. The van der Waals surface area contributed by atoms with Crippen LogP contribution in [0.2, 0.25) is 5.02 Å². The number of imide groups is 1. The molecule has 0 bridgehead atoms. The molecule has 0 saturated carbocycles. The Kier molecular flexibility index (Phi) is 5.88. The number of methoxy groups -OCH3 is 2. The smallest absolute Gasteiger partial charge is 0.282 e. The lowest BCUT2D eigenvalue weighted by Crippen LogP contribution is -2.32. The van der Waals surface area contributed by atoms with E-state index in [2.05, 4.69) is 5.32 Å². The topological polar surface area (TPSA) is 67.9 Å². The van der Waals surface area contributed by atoms with E-state index in [4.69, 9.17) is 21.1 Å². The average molecular weight is 449 g/mol. The highest BCUT2D eigenvalue weighted by molar-refractivity contribution is 6.46. The summed E-state index contributed by atoms with van der Waals surface area (Å²) in [5.74, 6) is 0.187. The Balaban J connectivity index is 1.84. The number of carbonyl (C=O) groups excluding carboxylic acids is 2. The molecule has 2 amide bonds. The maximum absolute atomic E-state index is 13.5. The number of benzene rings is 3. The predicted octanol–water partition coefficient (Wildman–Crippen LogP) is 5.06. The molecule has 0 atom stereocenters. The molecule has 4 rings (SSSR count). The van der Waals surface area contributed by atoms with Gasteiger partial charge in [0.15, 0.2) is 0 Å². The Bertz CT molecular complexity index is 1220. The molecule has 1 aliphatic rings. The molecule has 1 aliphatic heterocycles. The van der Waals surface area contributed by atoms with E-state index in [1.165, 1.54) is 7.11 Å². The molecule has 0 aromatic heterocycles. The largest absolute Gasteiger partial charge is 0.497 e. The summed E-state index contributed by atoms with van der Waals surface area (Å²) in [5, 5.41) is 3.64. The van der Waals surface area contributed by atoms with Crippen LogP contribution in [0.25, 0.3) is 5.57 Å². The number of halogens is 1. The van der Waals surface area contributed by atoms with Crippen LogP contribution in [0.15, 0.2) is 72.4 Å². The number of aryl methyl sites for hydroxylation is 1. The van der Waals surface area contributed by atoms with Gasteiger partial charge in [0.25, 0.3) is 11.8 Å². The fourth-order valence-electron chi connectivity index (χ4n) is 3.50. The Morgan fingerprint density at radius 1 is 0.844 bits per heavy atom. The van der Waals surface area contributed by atoms with E-state index in [9.17, 15) is 9.59 Å². The van der Waals surface area contributed by atoms with Gasteiger partial charge < -0.3 is 14.8 Å². The van der Waals surface area contributed by atoms with E-state index in [1.807, 2.05) is 31.2 Å².